The van der Waals surface area contributed by atoms with Gasteiger partial charge in [0.2, 0.25) is 0 Å². The fraction of sp³-hybridized carbons (Fsp3) is 0.474. The van der Waals surface area contributed by atoms with Crippen LogP contribution in [0.5, 0.6) is 0 Å². The van der Waals surface area contributed by atoms with Gasteiger partial charge in [-0.3, -0.25) is 4.79 Å². The summed E-state index contributed by atoms with van der Waals surface area (Å²) in [4.78, 5) is 20.9. The highest BCUT2D eigenvalue weighted by molar-refractivity contribution is 5.93. The molecule has 0 amide bonds. The summed E-state index contributed by atoms with van der Waals surface area (Å²) in [5.41, 5.74) is 3.33. The zero-order valence-electron chi connectivity index (χ0n) is 14.0. The van der Waals surface area contributed by atoms with Crippen LogP contribution in [0.1, 0.15) is 62.9 Å². The number of carbonyl (C=O) groups is 2. The van der Waals surface area contributed by atoms with Crippen LogP contribution in [-0.2, 0) is 4.79 Å². The molecule has 116 valence electrons. The van der Waals surface area contributed by atoms with Crippen molar-refractivity contribution in [3.05, 3.63) is 47.0 Å². The molecule has 0 spiro atoms. The second-order valence-electron chi connectivity index (χ2n) is 5.79. The molecule has 0 aromatic heterocycles. The van der Waals surface area contributed by atoms with Gasteiger partial charge in [-0.25, -0.2) is 0 Å². The molecule has 0 aliphatic rings. The molecule has 1 aromatic rings. The summed E-state index contributed by atoms with van der Waals surface area (Å²) >= 11 is 0. The number of allylic oxidation sites excluding steroid dienone is 2. The molecule has 0 heterocycles. The SMILES string of the molecule is CC(=O)c1ccc(C)cc1.CC(C)=CCCC(C)CC=O. The van der Waals surface area contributed by atoms with Crippen molar-refractivity contribution >= 4 is 12.1 Å². The van der Waals surface area contributed by atoms with Crippen molar-refractivity contribution in [1.29, 1.82) is 0 Å². The monoisotopic (exact) mass is 288 g/mol. The standard InChI is InChI=1S/C10H18O.C9H10O/c1-9(2)5-4-6-10(3)7-8-11;1-7-3-5-9(6-4-7)8(2)10/h5,8,10H,4,6-7H2,1-3H3;3-6H,1-2H3. The van der Waals surface area contributed by atoms with Gasteiger partial charge in [-0.2, -0.15) is 0 Å². The summed E-state index contributed by atoms with van der Waals surface area (Å²) in [5, 5.41) is 0. The molecule has 2 nitrogen and oxygen atoms in total. The van der Waals surface area contributed by atoms with E-state index in [0.29, 0.717) is 12.3 Å². The third-order valence-electron chi connectivity index (χ3n) is 3.17. The molecule has 1 unspecified atom stereocenters. The summed E-state index contributed by atoms with van der Waals surface area (Å²) in [6, 6.07) is 7.57. The third-order valence-corrected chi connectivity index (χ3v) is 3.17. The van der Waals surface area contributed by atoms with Crippen molar-refractivity contribution in [2.24, 2.45) is 5.92 Å². The molecule has 0 aliphatic carbocycles. The summed E-state index contributed by atoms with van der Waals surface area (Å²) in [6.07, 6.45) is 6.17. The Morgan fingerprint density at radius 3 is 2.14 bits per heavy atom. The van der Waals surface area contributed by atoms with E-state index < -0.39 is 0 Å². The van der Waals surface area contributed by atoms with E-state index in [0.717, 1.165) is 24.7 Å². The number of aryl methyl sites for hydroxylation is 1. The summed E-state index contributed by atoms with van der Waals surface area (Å²) in [7, 11) is 0. The van der Waals surface area contributed by atoms with Crippen molar-refractivity contribution in [1.82, 2.24) is 0 Å². The van der Waals surface area contributed by atoms with Gasteiger partial charge in [0.05, 0.1) is 0 Å². The Balaban J connectivity index is 0.000000382. The van der Waals surface area contributed by atoms with E-state index in [2.05, 4.69) is 26.8 Å². The van der Waals surface area contributed by atoms with E-state index in [-0.39, 0.29) is 5.78 Å². The van der Waals surface area contributed by atoms with Gasteiger partial charge in [0, 0.05) is 12.0 Å². The number of Topliss-reactive ketones (excluding diaryl/α,β-unsaturated/α-hetero) is 1. The predicted octanol–water partition coefficient (Wildman–Crippen LogP) is 5.16. The van der Waals surface area contributed by atoms with Crippen molar-refractivity contribution in [3.8, 4) is 0 Å². The van der Waals surface area contributed by atoms with Gasteiger partial charge in [-0.1, -0.05) is 48.4 Å². The van der Waals surface area contributed by atoms with E-state index in [1.54, 1.807) is 6.92 Å². The zero-order chi connectivity index (χ0) is 16.3. The van der Waals surface area contributed by atoms with Crippen LogP contribution in [0.2, 0.25) is 0 Å². The lowest BCUT2D eigenvalue weighted by molar-refractivity contribution is -0.108. The van der Waals surface area contributed by atoms with E-state index >= 15 is 0 Å². The number of rotatable bonds is 6. The fourth-order valence-corrected chi connectivity index (χ4v) is 1.73. The number of hydrogen-bond donors (Lipinski definition) is 0. The molecule has 1 aromatic carbocycles. The average molecular weight is 288 g/mol. The number of benzene rings is 1. The number of ketones is 1. The maximum atomic E-state index is 10.8. The molecule has 0 fully saturated rings. The molecule has 0 aliphatic heterocycles. The van der Waals surface area contributed by atoms with Gasteiger partial charge in [0.25, 0.3) is 0 Å². The van der Waals surface area contributed by atoms with Gasteiger partial charge in [0.1, 0.15) is 6.29 Å². The van der Waals surface area contributed by atoms with Crippen LogP contribution in [0.3, 0.4) is 0 Å². The molecule has 0 saturated carbocycles. The van der Waals surface area contributed by atoms with Crippen LogP contribution in [0.25, 0.3) is 0 Å². The third kappa shape index (κ3) is 10.7. The van der Waals surface area contributed by atoms with Crippen LogP contribution in [-0.4, -0.2) is 12.1 Å². The Labute approximate surface area is 129 Å². The quantitative estimate of drug-likeness (QED) is 0.412. The Bertz CT molecular complexity index is 451. The second kappa shape index (κ2) is 11.0. The summed E-state index contributed by atoms with van der Waals surface area (Å²) in [6.45, 7) is 9.90. The molecule has 1 rings (SSSR count). The second-order valence-corrected chi connectivity index (χ2v) is 5.79. The lowest BCUT2D eigenvalue weighted by Gasteiger charge is -2.03. The predicted molar refractivity (Wildman–Crippen MR) is 89.7 cm³/mol. The van der Waals surface area contributed by atoms with Crippen molar-refractivity contribution in [2.75, 3.05) is 0 Å². The molecular weight excluding hydrogens is 260 g/mol. The van der Waals surface area contributed by atoms with Crippen LogP contribution in [0.15, 0.2) is 35.9 Å². The van der Waals surface area contributed by atoms with E-state index in [1.165, 1.54) is 11.1 Å². The minimum Gasteiger partial charge on any atom is -0.303 e. The summed E-state index contributed by atoms with van der Waals surface area (Å²) in [5.74, 6) is 0.670. The van der Waals surface area contributed by atoms with Crippen molar-refractivity contribution in [3.63, 3.8) is 0 Å². The highest BCUT2D eigenvalue weighted by Gasteiger charge is 1.98. The first-order chi connectivity index (χ1) is 9.86. The maximum absolute atomic E-state index is 10.8. The van der Waals surface area contributed by atoms with Crippen LogP contribution >= 0.6 is 0 Å². The highest BCUT2D eigenvalue weighted by atomic mass is 16.1. The first kappa shape index (κ1) is 19.3. The van der Waals surface area contributed by atoms with E-state index in [1.807, 2.05) is 31.2 Å². The Hall–Kier alpha value is -1.70. The molecular formula is C19H28O2. The molecule has 1 atom stereocenters. The molecule has 0 saturated heterocycles. The molecule has 2 heteroatoms. The van der Waals surface area contributed by atoms with Crippen LogP contribution in [0, 0.1) is 12.8 Å². The van der Waals surface area contributed by atoms with Crippen molar-refractivity contribution < 1.29 is 9.59 Å². The lowest BCUT2D eigenvalue weighted by Crippen LogP contribution is -1.93. The number of carbonyl (C=O) groups excluding carboxylic acids is 2. The largest absolute Gasteiger partial charge is 0.303 e. The van der Waals surface area contributed by atoms with Crippen molar-refractivity contribution in [2.45, 2.75) is 53.9 Å². The molecule has 0 bridgehead atoms. The molecule has 21 heavy (non-hydrogen) atoms. The van der Waals surface area contributed by atoms with Gasteiger partial charge in [-0.15, -0.1) is 0 Å². The normalized spacial score (nSPS) is 10.9. The Morgan fingerprint density at radius 1 is 1.14 bits per heavy atom. The van der Waals surface area contributed by atoms with E-state index in [9.17, 15) is 9.59 Å². The maximum Gasteiger partial charge on any atom is 0.159 e. The summed E-state index contributed by atoms with van der Waals surface area (Å²) < 4.78 is 0. The van der Waals surface area contributed by atoms with Gasteiger partial charge < -0.3 is 4.79 Å². The average Bonchev–Trinajstić information content (AvgIpc) is 2.39. The Kier molecular flexibility index (Phi) is 10.1. The van der Waals surface area contributed by atoms with Gasteiger partial charge in [-0.05, 0) is 46.5 Å². The smallest absolute Gasteiger partial charge is 0.159 e. The van der Waals surface area contributed by atoms with Gasteiger partial charge in [0.15, 0.2) is 5.78 Å². The molecule has 0 radical (unpaired) electrons. The Morgan fingerprint density at radius 2 is 1.71 bits per heavy atom. The first-order valence-electron chi connectivity index (χ1n) is 7.51. The topological polar surface area (TPSA) is 34.1 Å². The lowest BCUT2D eigenvalue weighted by atomic mass is 10.0. The van der Waals surface area contributed by atoms with Crippen LogP contribution < -0.4 is 0 Å². The van der Waals surface area contributed by atoms with Crippen LogP contribution in [0.4, 0.5) is 0 Å². The highest BCUT2D eigenvalue weighted by Crippen LogP contribution is 2.09. The number of hydrogen-bond acceptors (Lipinski definition) is 2. The molecule has 0 N–H and O–H groups in total. The van der Waals surface area contributed by atoms with E-state index in [4.69, 9.17) is 0 Å². The zero-order valence-corrected chi connectivity index (χ0v) is 14.0. The minimum atomic E-state index is 0.125. The van der Waals surface area contributed by atoms with Gasteiger partial charge >= 0.3 is 0 Å². The minimum absolute atomic E-state index is 0.125. The number of aldehydes is 1. The fourth-order valence-electron chi connectivity index (χ4n) is 1.73. The first-order valence-corrected chi connectivity index (χ1v) is 7.51.